The van der Waals surface area contributed by atoms with Crippen molar-refractivity contribution in [3.05, 3.63) is 29.6 Å². The second kappa shape index (κ2) is 5.82. The summed E-state index contributed by atoms with van der Waals surface area (Å²) in [6, 6.07) is 3.30. The van der Waals surface area contributed by atoms with Gasteiger partial charge in [0.05, 0.1) is 11.1 Å². The van der Waals surface area contributed by atoms with E-state index in [1.54, 1.807) is 0 Å². The van der Waals surface area contributed by atoms with Crippen LogP contribution in [0.3, 0.4) is 0 Å². The molecule has 6 heteroatoms. The van der Waals surface area contributed by atoms with Crippen LogP contribution in [0.5, 0.6) is 5.75 Å². The lowest BCUT2D eigenvalue weighted by atomic mass is 10.1. The number of halogens is 3. The fourth-order valence-electron chi connectivity index (χ4n) is 1.14. The highest BCUT2D eigenvalue weighted by atomic mass is 79.9. The molecule has 0 atom stereocenters. The Kier molecular flexibility index (Phi) is 4.94. The van der Waals surface area contributed by atoms with Crippen LogP contribution in [-0.2, 0) is 0 Å². The second-order valence-corrected chi connectivity index (χ2v) is 5.06. The molecule has 0 bridgehead atoms. The lowest BCUT2D eigenvalue weighted by molar-refractivity contribution is 0.0920. The molecule has 0 aliphatic carbocycles. The zero-order chi connectivity index (χ0) is 13.1. The maximum Gasteiger partial charge on any atom is 0.255 e. The number of rotatable bonds is 4. The minimum atomic E-state index is -0.581. The van der Waals surface area contributed by atoms with E-state index in [1.807, 2.05) is 6.92 Å². The normalized spacial score (nSPS) is 11.3. The van der Waals surface area contributed by atoms with Crippen molar-refractivity contribution in [2.24, 2.45) is 0 Å². The number of hydrogen-bond donors (Lipinski definition) is 2. The van der Waals surface area contributed by atoms with Crippen LogP contribution in [0, 0.1) is 5.82 Å². The summed E-state index contributed by atoms with van der Waals surface area (Å²) in [6.45, 7) is 1.84. The Morgan fingerprint density at radius 3 is 2.53 bits per heavy atom. The van der Waals surface area contributed by atoms with Gasteiger partial charge >= 0.3 is 0 Å². The first-order valence-electron chi connectivity index (χ1n) is 4.85. The van der Waals surface area contributed by atoms with Gasteiger partial charge in [-0.25, -0.2) is 4.39 Å². The number of aromatic hydroxyl groups is 1. The minimum Gasteiger partial charge on any atom is -0.507 e. The van der Waals surface area contributed by atoms with Crippen molar-refractivity contribution in [2.45, 2.75) is 12.5 Å². The number of nitrogens with one attached hydrogen (secondary N) is 1. The third-order valence-corrected chi connectivity index (χ3v) is 4.68. The van der Waals surface area contributed by atoms with Crippen LogP contribution in [-0.4, -0.2) is 27.2 Å². The number of amides is 1. The molecule has 1 rings (SSSR count). The number of benzene rings is 1. The van der Waals surface area contributed by atoms with Crippen LogP contribution in [0.2, 0.25) is 0 Å². The summed E-state index contributed by atoms with van der Waals surface area (Å²) in [5.41, 5.74) is -0.419. The van der Waals surface area contributed by atoms with Gasteiger partial charge in [0.25, 0.3) is 5.91 Å². The van der Waals surface area contributed by atoms with Gasteiger partial charge in [0.1, 0.15) is 11.6 Å². The van der Waals surface area contributed by atoms with Crippen molar-refractivity contribution in [1.29, 1.82) is 0 Å². The molecule has 17 heavy (non-hydrogen) atoms. The molecule has 94 valence electrons. The Bertz CT molecular complexity index is 422. The highest BCUT2D eigenvalue weighted by molar-refractivity contribution is 9.09. The highest BCUT2D eigenvalue weighted by Crippen LogP contribution is 2.20. The predicted molar refractivity (Wildman–Crippen MR) is 71.5 cm³/mol. The summed E-state index contributed by atoms with van der Waals surface area (Å²) in [6.07, 6.45) is 0. The van der Waals surface area contributed by atoms with Crippen LogP contribution in [0.1, 0.15) is 17.3 Å². The largest absolute Gasteiger partial charge is 0.507 e. The van der Waals surface area contributed by atoms with Gasteiger partial charge in [-0.05, 0) is 19.1 Å². The summed E-state index contributed by atoms with van der Waals surface area (Å²) >= 11 is 6.59. The molecule has 1 amide bonds. The van der Waals surface area contributed by atoms with Gasteiger partial charge < -0.3 is 10.4 Å². The average Bonchev–Trinajstić information content (AvgIpc) is 2.28. The number of alkyl halides is 2. The Morgan fingerprint density at radius 2 is 2.06 bits per heavy atom. The first kappa shape index (κ1) is 14.4. The molecule has 0 fully saturated rings. The number of carbonyl (C=O) groups excluding carboxylic acids is 1. The molecule has 0 saturated heterocycles. The number of phenolic OH excluding ortho intramolecular Hbond substituents is 1. The van der Waals surface area contributed by atoms with Crippen molar-refractivity contribution < 1.29 is 14.3 Å². The zero-order valence-electron chi connectivity index (χ0n) is 9.14. The molecule has 0 aromatic heterocycles. The lowest BCUT2D eigenvalue weighted by Gasteiger charge is -2.26. The molecule has 0 aliphatic heterocycles. The van der Waals surface area contributed by atoms with E-state index in [4.69, 9.17) is 0 Å². The molecule has 2 N–H and O–H groups in total. The van der Waals surface area contributed by atoms with Gasteiger partial charge in [0, 0.05) is 16.7 Å². The average molecular weight is 369 g/mol. The molecule has 1 aromatic rings. The van der Waals surface area contributed by atoms with Gasteiger partial charge in [-0.3, -0.25) is 4.79 Å². The molecule has 0 radical (unpaired) electrons. The molecule has 0 aliphatic rings. The summed E-state index contributed by atoms with van der Waals surface area (Å²) in [4.78, 5) is 11.9. The summed E-state index contributed by atoms with van der Waals surface area (Å²) in [5.74, 6) is -1.39. The SMILES string of the molecule is CC(CBr)(CBr)NC(=O)c1ccc(F)cc1O. The number of phenols is 1. The van der Waals surface area contributed by atoms with E-state index in [2.05, 4.69) is 37.2 Å². The van der Waals surface area contributed by atoms with E-state index >= 15 is 0 Å². The topological polar surface area (TPSA) is 49.3 Å². The van der Waals surface area contributed by atoms with Gasteiger partial charge in [-0.1, -0.05) is 31.9 Å². The fourth-order valence-corrected chi connectivity index (χ4v) is 2.35. The van der Waals surface area contributed by atoms with Gasteiger partial charge in [0.15, 0.2) is 0 Å². The summed E-state index contributed by atoms with van der Waals surface area (Å²) in [7, 11) is 0. The Hall–Kier alpha value is -0.620. The van der Waals surface area contributed by atoms with Crippen molar-refractivity contribution >= 4 is 37.8 Å². The molecular weight excluding hydrogens is 357 g/mol. The van der Waals surface area contributed by atoms with E-state index in [0.29, 0.717) is 10.7 Å². The van der Waals surface area contributed by atoms with Crippen LogP contribution in [0.15, 0.2) is 18.2 Å². The van der Waals surface area contributed by atoms with Gasteiger partial charge in [0.2, 0.25) is 0 Å². The lowest BCUT2D eigenvalue weighted by Crippen LogP contribution is -2.48. The summed E-state index contributed by atoms with van der Waals surface area (Å²) in [5, 5.41) is 13.3. The molecule has 0 spiro atoms. The van der Waals surface area contributed by atoms with Crippen molar-refractivity contribution in [1.82, 2.24) is 5.32 Å². The summed E-state index contributed by atoms with van der Waals surface area (Å²) < 4.78 is 12.8. The zero-order valence-corrected chi connectivity index (χ0v) is 12.3. The van der Waals surface area contributed by atoms with Crippen molar-refractivity contribution in [3.63, 3.8) is 0 Å². The Labute approximate surface area is 116 Å². The minimum absolute atomic E-state index is 0.0551. The van der Waals surface area contributed by atoms with Crippen molar-refractivity contribution in [3.8, 4) is 5.75 Å². The molecule has 0 saturated carbocycles. The predicted octanol–water partition coefficient (Wildman–Crippen LogP) is 2.81. The molecular formula is C11H12Br2FNO2. The Morgan fingerprint density at radius 1 is 1.47 bits per heavy atom. The number of carbonyl (C=O) groups is 1. The van der Waals surface area contributed by atoms with Crippen LogP contribution >= 0.6 is 31.9 Å². The van der Waals surface area contributed by atoms with E-state index in [1.165, 1.54) is 6.07 Å². The smallest absolute Gasteiger partial charge is 0.255 e. The highest BCUT2D eigenvalue weighted by Gasteiger charge is 2.25. The van der Waals surface area contributed by atoms with Crippen LogP contribution < -0.4 is 5.32 Å². The monoisotopic (exact) mass is 367 g/mol. The van der Waals surface area contributed by atoms with Crippen LogP contribution in [0.4, 0.5) is 4.39 Å². The molecule has 0 heterocycles. The Balaban J connectivity index is 2.90. The third-order valence-electron chi connectivity index (χ3n) is 2.21. The van der Waals surface area contributed by atoms with E-state index < -0.39 is 17.3 Å². The molecule has 0 unspecified atom stereocenters. The number of hydrogen-bond acceptors (Lipinski definition) is 2. The maximum absolute atomic E-state index is 12.8. The standard InChI is InChI=1S/C11H12Br2FNO2/c1-11(5-12,6-13)15-10(17)8-3-2-7(14)4-9(8)16/h2-4,16H,5-6H2,1H3,(H,15,17). The van der Waals surface area contributed by atoms with E-state index in [0.717, 1.165) is 12.1 Å². The first-order valence-corrected chi connectivity index (χ1v) is 7.09. The first-order chi connectivity index (χ1) is 7.91. The van der Waals surface area contributed by atoms with E-state index in [-0.39, 0.29) is 11.3 Å². The fraction of sp³-hybridized carbons (Fsp3) is 0.364. The van der Waals surface area contributed by atoms with Gasteiger partial charge in [-0.2, -0.15) is 0 Å². The van der Waals surface area contributed by atoms with E-state index in [9.17, 15) is 14.3 Å². The maximum atomic E-state index is 12.8. The molecule has 1 aromatic carbocycles. The third kappa shape index (κ3) is 3.67. The van der Waals surface area contributed by atoms with Crippen LogP contribution in [0.25, 0.3) is 0 Å². The molecule has 3 nitrogen and oxygen atoms in total. The van der Waals surface area contributed by atoms with Crippen molar-refractivity contribution in [2.75, 3.05) is 10.7 Å². The quantitative estimate of drug-likeness (QED) is 0.803. The van der Waals surface area contributed by atoms with Gasteiger partial charge in [-0.15, -0.1) is 0 Å². The second-order valence-electron chi connectivity index (χ2n) is 3.94.